The predicted molar refractivity (Wildman–Crippen MR) is 69.8 cm³/mol. The zero-order valence-corrected chi connectivity index (χ0v) is 14.0. The number of aliphatic hydroxyl groups excluding tert-OH is 5. The Morgan fingerprint density at radius 2 is 1.50 bits per heavy atom. The molecule has 0 aliphatic carbocycles. The van der Waals surface area contributed by atoms with Gasteiger partial charge in [-0.05, 0) is 0 Å². The molecule has 22 heavy (non-hydrogen) atoms. The molecule has 12 heteroatoms. The molecular weight excluding hydrogens is 509 g/mol. The smallest absolute Gasteiger partial charge is 0.316 e. The fourth-order valence-electron chi connectivity index (χ4n) is 0.871. The van der Waals surface area contributed by atoms with Crippen LogP contribution in [0.5, 0.6) is 0 Å². The van der Waals surface area contributed by atoms with Gasteiger partial charge in [-0.3, -0.25) is 9.59 Å². The Morgan fingerprint density at radius 1 is 1.05 bits per heavy atom. The summed E-state index contributed by atoms with van der Waals surface area (Å²) >= 11 is 3.48. The van der Waals surface area contributed by atoms with Gasteiger partial charge in [-0.2, -0.15) is 12.6 Å². The number of carbonyl (C=O) groups is 3. The average molecular weight is 527 g/mol. The molecule has 0 rings (SSSR count). The van der Waals surface area contributed by atoms with E-state index in [-0.39, 0.29) is 28.7 Å². The number of hydrogen-bond donors (Lipinski definition) is 8. The van der Waals surface area contributed by atoms with Gasteiger partial charge in [-0.15, -0.1) is 0 Å². The van der Waals surface area contributed by atoms with Gasteiger partial charge in [0.15, 0.2) is 6.29 Å². The number of aliphatic hydroxyl groups is 5. The van der Waals surface area contributed by atoms with E-state index in [0.717, 1.165) is 0 Å². The number of hydrogen-bond acceptors (Lipinski definition) is 9. The second-order valence-corrected chi connectivity index (χ2v) is 4.43. The standard InChI is InChI=1S/C6H12O6.C4H6O4S.Au/c7-1-3(9)5(11)6(12)4(10)2-8;5-3(6)1-2(9)4(7)8;/h1,3-6,8-12H,2H2;2,9H,1H2,(H,5,6)(H,7,8);. The first-order chi connectivity index (χ1) is 9.58. The van der Waals surface area contributed by atoms with Crippen LogP contribution in [0.15, 0.2) is 0 Å². The Balaban J connectivity index is -0.000000326. The van der Waals surface area contributed by atoms with Crippen molar-refractivity contribution in [1.29, 1.82) is 0 Å². The minimum absolute atomic E-state index is 0. The van der Waals surface area contributed by atoms with E-state index in [1.807, 2.05) is 0 Å². The van der Waals surface area contributed by atoms with Crippen LogP contribution >= 0.6 is 12.6 Å². The zero-order valence-electron chi connectivity index (χ0n) is 11.0. The third-order valence-corrected chi connectivity index (χ3v) is 2.48. The largest absolute Gasteiger partial charge is 0.481 e. The van der Waals surface area contributed by atoms with Crippen molar-refractivity contribution in [3.63, 3.8) is 0 Å². The maximum atomic E-state index is 9.90. The molecule has 0 spiro atoms. The van der Waals surface area contributed by atoms with Crippen LogP contribution in [0.2, 0.25) is 0 Å². The van der Waals surface area contributed by atoms with E-state index in [9.17, 15) is 14.4 Å². The van der Waals surface area contributed by atoms with E-state index >= 15 is 0 Å². The Bertz CT molecular complexity index is 342. The molecule has 0 aromatic rings. The van der Waals surface area contributed by atoms with Crippen molar-refractivity contribution in [1.82, 2.24) is 0 Å². The minimum atomic E-state index is -1.79. The third kappa shape index (κ3) is 12.1. The van der Waals surface area contributed by atoms with Crippen LogP contribution in [-0.2, 0) is 36.8 Å². The van der Waals surface area contributed by atoms with E-state index < -0.39 is 54.6 Å². The number of carboxylic acids is 2. The van der Waals surface area contributed by atoms with Crippen molar-refractivity contribution in [2.75, 3.05) is 6.61 Å². The molecule has 0 fully saturated rings. The van der Waals surface area contributed by atoms with Crippen molar-refractivity contribution in [3.8, 4) is 0 Å². The summed E-state index contributed by atoms with van der Waals surface area (Å²) in [5.41, 5.74) is 0. The van der Waals surface area contributed by atoms with E-state index in [4.69, 9.17) is 35.7 Å². The molecule has 0 aliphatic heterocycles. The van der Waals surface area contributed by atoms with Gasteiger partial charge in [-0.1, -0.05) is 0 Å². The second-order valence-electron chi connectivity index (χ2n) is 3.81. The molecule has 0 aliphatic rings. The fraction of sp³-hybridized carbons (Fsp3) is 0.700. The van der Waals surface area contributed by atoms with Crippen molar-refractivity contribution >= 4 is 30.9 Å². The number of carboxylic acid groups (broad SMARTS) is 2. The van der Waals surface area contributed by atoms with Gasteiger partial charge in [0.05, 0.1) is 13.0 Å². The molecule has 7 N–H and O–H groups in total. The van der Waals surface area contributed by atoms with Gasteiger partial charge in [0, 0.05) is 22.4 Å². The number of rotatable bonds is 8. The molecule has 1 radical (unpaired) electrons. The van der Waals surface area contributed by atoms with Crippen molar-refractivity contribution < 1.29 is 72.5 Å². The predicted octanol–water partition coefficient (Wildman–Crippen LogP) is -3.54. The van der Waals surface area contributed by atoms with Gasteiger partial charge in [0.1, 0.15) is 29.7 Å². The summed E-state index contributed by atoms with van der Waals surface area (Å²) in [5, 5.41) is 58.6. The molecule has 5 unspecified atom stereocenters. The maximum Gasteiger partial charge on any atom is 0.316 e. The van der Waals surface area contributed by atoms with Gasteiger partial charge in [0.2, 0.25) is 0 Å². The first-order valence-corrected chi connectivity index (χ1v) is 6.01. The van der Waals surface area contributed by atoms with Crippen LogP contribution in [0, 0.1) is 0 Å². The zero-order chi connectivity index (χ0) is 17.2. The van der Waals surface area contributed by atoms with E-state index in [1.54, 1.807) is 0 Å². The number of thiol groups is 1. The molecular formula is C10H18AuO10S. The molecule has 10 nitrogen and oxygen atoms in total. The van der Waals surface area contributed by atoms with Crippen LogP contribution in [0.25, 0.3) is 0 Å². The maximum absolute atomic E-state index is 9.90. The molecule has 135 valence electrons. The Hall–Kier alpha value is -0.500. The average Bonchev–Trinajstić information content (AvgIpc) is 2.43. The normalized spacial score (nSPS) is 16.6. The second kappa shape index (κ2) is 14.1. The number of aliphatic carboxylic acids is 2. The Kier molecular flexibility index (Phi) is 16.9. The molecule has 0 aromatic heterocycles. The number of aldehydes is 1. The SMILES string of the molecule is O=C(O)CC(S)C(=O)O.O=CC(O)C(O)C(O)C(O)CO.[Au]. The molecule has 0 aromatic carbocycles. The molecule has 0 bridgehead atoms. The summed E-state index contributed by atoms with van der Waals surface area (Å²) in [6, 6.07) is 0. The third-order valence-electron chi connectivity index (χ3n) is 2.07. The number of carbonyl (C=O) groups excluding carboxylic acids is 1. The van der Waals surface area contributed by atoms with E-state index in [1.165, 1.54) is 0 Å². The van der Waals surface area contributed by atoms with Crippen LogP contribution < -0.4 is 0 Å². The minimum Gasteiger partial charge on any atom is -0.481 e. The Labute approximate surface area is 146 Å². The van der Waals surface area contributed by atoms with E-state index in [0.29, 0.717) is 0 Å². The summed E-state index contributed by atoms with van der Waals surface area (Å²) in [7, 11) is 0. The summed E-state index contributed by atoms with van der Waals surface area (Å²) < 4.78 is 0. The fourth-order valence-corrected chi connectivity index (χ4v) is 1.03. The topological polar surface area (TPSA) is 193 Å². The molecule has 0 saturated carbocycles. The van der Waals surface area contributed by atoms with Crippen LogP contribution in [-0.4, -0.2) is 90.2 Å². The molecule has 0 amide bonds. The van der Waals surface area contributed by atoms with E-state index in [2.05, 4.69) is 12.6 Å². The first kappa shape index (κ1) is 26.4. The molecule has 5 atom stereocenters. The quantitative estimate of drug-likeness (QED) is 0.0891. The van der Waals surface area contributed by atoms with Gasteiger partial charge in [-0.25, -0.2) is 0 Å². The summed E-state index contributed by atoms with van der Waals surface area (Å²) in [6.45, 7) is -0.760. The molecule has 0 saturated heterocycles. The van der Waals surface area contributed by atoms with Crippen molar-refractivity contribution in [2.45, 2.75) is 36.1 Å². The van der Waals surface area contributed by atoms with Crippen LogP contribution in [0.4, 0.5) is 0 Å². The summed E-state index contributed by atoms with van der Waals surface area (Å²) in [5.74, 6) is -2.36. The van der Waals surface area contributed by atoms with Gasteiger partial charge >= 0.3 is 11.9 Å². The van der Waals surface area contributed by atoms with Crippen LogP contribution in [0.1, 0.15) is 6.42 Å². The summed E-state index contributed by atoms with van der Waals surface area (Å²) in [4.78, 5) is 29.6. The van der Waals surface area contributed by atoms with Crippen LogP contribution in [0.3, 0.4) is 0 Å². The van der Waals surface area contributed by atoms with Gasteiger partial charge in [0.25, 0.3) is 0 Å². The first-order valence-electron chi connectivity index (χ1n) is 5.49. The monoisotopic (exact) mass is 527 g/mol. The summed E-state index contributed by atoms with van der Waals surface area (Å²) in [6.07, 6.45) is -7.29. The van der Waals surface area contributed by atoms with Gasteiger partial charge < -0.3 is 40.5 Å². The molecule has 0 heterocycles. The Morgan fingerprint density at radius 3 is 1.73 bits per heavy atom. The van der Waals surface area contributed by atoms with Crippen molar-refractivity contribution in [2.24, 2.45) is 0 Å². The van der Waals surface area contributed by atoms with Crippen molar-refractivity contribution in [3.05, 3.63) is 0 Å².